The van der Waals surface area contributed by atoms with Crippen LogP contribution in [0.25, 0.3) is 43.1 Å². The van der Waals surface area contributed by atoms with Crippen LogP contribution in [0.15, 0.2) is 129 Å². The lowest BCUT2D eigenvalue weighted by atomic mass is 9.86. The molecule has 0 saturated heterocycles. The first-order valence-electron chi connectivity index (χ1n) is 18.0. The number of benzene rings is 5. The highest BCUT2D eigenvalue weighted by molar-refractivity contribution is 8.46. The van der Waals surface area contributed by atoms with Crippen LogP contribution >= 0.6 is 20.4 Å². The van der Waals surface area contributed by atoms with Crippen LogP contribution in [0.1, 0.15) is 27.8 Å². The normalized spacial score (nSPS) is 15.8. The Morgan fingerprint density at radius 3 is 1.28 bits per heavy atom. The summed E-state index contributed by atoms with van der Waals surface area (Å²) >= 11 is 0. The Morgan fingerprint density at radius 1 is 0.562 bits per heavy atom. The SMILES string of the molecule is [C-]#[N+]C([N+]#[C-])=C1Cc2c(-c3ccc(S(F)(F)(F)(F)F)cc3)c3c(c(-c4ccc(S(F)(F)(F)(F)F)cc4)c2=C1c1ccc(C)cc1)CC(=C(C#N)C#N)C=3c1ccc(OC(F)(F)F)cc1. The van der Waals surface area contributed by atoms with Gasteiger partial charge in [-0.2, -0.15) is 20.2 Å². The average molecular weight is 935 g/mol. The van der Waals surface area contributed by atoms with Gasteiger partial charge in [-0.05, 0) is 121 Å². The van der Waals surface area contributed by atoms with Gasteiger partial charge in [0.25, 0.3) is 0 Å². The Morgan fingerprint density at radius 2 is 0.922 bits per heavy atom. The molecule has 2 aliphatic carbocycles. The minimum absolute atomic E-state index is 0.00277. The fraction of sp³-hybridized carbons (Fsp3) is 0.0909. The summed E-state index contributed by atoms with van der Waals surface area (Å²) in [5.74, 6) is -1.26. The summed E-state index contributed by atoms with van der Waals surface area (Å²) in [5, 5.41) is 20.4. The predicted octanol–water partition coefficient (Wildman–Crippen LogP) is 14.4. The van der Waals surface area contributed by atoms with E-state index in [9.17, 15) is 62.6 Å². The van der Waals surface area contributed by atoms with Crippen LogP contribution < -0.4 is 15.2 Å². The van der Waals surface area contributed by atoms with Crippen molar-refractivity contribution in [1.29, 1.82) is 10.5 Å². The molecular weight excluding hydrogens is 912 g/mol. The molecule has 0 unspecified atom stereocenters. The van der Waals surface area contributed by atoms with Crippen LogP contribution in [-0.4, -0.2) is 6.36 Å². The largest absolute Gasteiger partial charge is 0.573 e. The molecule has 0 atom stereocenters. The predicted molar refractivity (Wildman–Crippen MR) is 215 cm³/mol. The van der Waals surface area contributed by atoms with Crippen molar-refractivity contribution in [2.24, 2.45) is 0 Å². The highest BCUT2D eigenvalue weighted by atomic mass is 32.5. The third kappa shape index (κ3) is 8.38. The third-order valence-electron chi connectivity index (χ3n) is 10.4. The zero-order chi connectivity index (χ0) is 47.1. The number of allylic oxidation sites excluding steroid dienone is 3. The highest BCUT2D eigenvalue weighted by Gasteiger charge is 2.66. The maximum atomic E-state index is 14.1. The topological polar surface area (TPSA) is 65.5 Å². The van der Waals surface area contributed by atoms with E-state index in [2.05, 4.69) is 14.4 Å². The van der Waals surface area contributed by atoms with E-state index in [0.29, 0.717) is 29.8 Å². The number of ether oxygens (including phenoxy) is 1. The second-order valence-electron chi connectivity index (χ2n) is 14.6. The molecular formula is C44H23F13N4OS2. The summed E-state index contributed by atoms with van der Waals surface area (Å²) in [6.07, 6.45) is -6.10. The zero-order valence-corrected chi connectivity index (χ0v) is 33.7. The van der Waals surface area contributed by atoms with E-state index in [1.807, 2.05) is 0 Å². The number of rotatable bonds is 7. The minimum Gasteiger partial charge on any atom is -0.406 e. The average Bonchev–Trinajstić information content (AvgIpc) is 3.76. The minimum atomic E-state index is -10.3. The van der Waals surface area contributed by atoms with Crippen molar-refractivity contribution in [3.63, 3.8) is 0 Å². The molecule has 64 heavy (non-hydrogen) atoms. The molecule has 0 aromatic heterocycles. The van der Waals surface area contributed by atoms with Crippen LogP contribution in [0.2, 0.25) is 0 Å². The molecule has 0 N–H and O–H groups in total. The number of halogens is 13. The second-order valence-corrected chi connectivity index (χ2v) is 19.4. The van der Waals surface area contributed by atoms with E-state index in [1.54, 1.807) is 43.3 Å². The Labute approximate surface area is 354 Å². The van der Waals surface area contributed by atoms with E-state index in [-0.39, 0.29) is 95.9 Å². The first kappa shape index (κ1) is 44.9. The molecule has 5 nitrogen and oxygen atoms in total. The zero-order valence-electron chi connectivity index (χ0n) is 32.1. The lowest BCUT2D eigenvalue weighted by Crippen LogP contribution is -2.25. The van der Waals surface area contributed by atoms with Gasteiger partial charge in [-0.15, -0.1) is 13.2 Å². The molecule has 0 amide bonds. The highest BCUT2D eigenvalue weighted by Crippen LogP contribution is 3.02. The van der Waals surface area contributed by atoms with Gasteiger partial charge in [-0.1, -0.05) is 105 Å². The summed E-state index contributed by atoms with van der Waals surface area (Å²) < 4.78 is 185. The molecule has 0 saturated carbocycles. The van der Waals surface area contributed by atoms with Gasteiger partial charge in [-0.25, -0.2) is 0 Å². The lowest BCUT2D eigenvalue weighted by Gasteiger charge is -2.40. The smallest absolute Gasteiger partial charge is 0.406 e. The van der Waals surface area contributed by atoms with Crippen molar-refractivity contribution in [2.45, 2.75) is 35.9 Å². The van der Waals surface area contributed by atoms with Gasteiger partial charge in [-0.3, -0.25) is 0 Å². The third-order valence-corrected chi connectivity index (χ3v) is 12.7. The molecule has 0 radical (unpaired) electrons. The Bertz CT molecular complexity index is 3210. The molecule has 0 heterocycles. The standard InChI is InChI=1S/C44H23F13N4OS2/c1-24-4-6-25(7-5-24)40-36(43(60-2)61-3)21-35-39(28-12-18-32(19-13-28)64(53,54,55,56)57)41-34(38(42(35)40)27-10-16-31(17-11-27)63(48,49,50,51)52)20-33(29(22-58)23-59)37(41)26-8-14-30(15-9-26)62-44(45,46)47/h4-19H,20-21H2,1H3. The number of nitriles is 2. The Balaban J connectivity index is 1.80. The lowest BCUT2D eigenvalue weighted by molar-refractivity contribution is -0.274. The first-order chi connectivity index (χ1) is 29.4. The first-order valence-corrected chi connectivity index (χ1v) is 21.9. The van der Waals surface area contributed by atoms with Crippen molar-refractivity contribution in [1.82, 2.24) is 0 Å². The number of hydrogen-bond acceptors (Lipinski definition) is 3. The number of aryl methyl sites for hydroxylation is 1. The summed E-state index contributed by atoms with van der Waals surface area (Å²) in [6, 6.07) is 17.0. The van der Waals surface area contributed by atoms with Crippen molar-refractivity contribution in [3.05, 3.63) is 181 Å². The van der Waals surface area contributed by atoms with E-state index in [1.165, 1.54) is 0 Å². The molecule has 7 rings (SSSR count). The van der Waals surface area contributed by atoms with Crippen LogP contribution in [0.3, 0.4) is 0 Å². The summed E-state index contributed by atoms with van der Waals surface area (Å²) in [6.45, 7) is 17.5. The van der Waals surface area contributed by atoms with Gasteiger partial charge < -0.3 is 4.74 Å². The van der Waals surface area contributed by atoms with Crippen molar-refractivity contribution in [3.8, 4) is 40.1 Å². The van der Waals surface area contributed by atoms with Gasteiger partial charge in [0.05, 0.1) is 5.57 Å². The van der Waals surface area contributed by atoms with Crippen molar-refractivity contribution < 1.29 is 56.8 Å². The molecule has 5 aromatic rings. The fourth-order valence-electron chi connectivity index (χ4n) is 7.89. The van der Waals surface area contributed by atoms with Crippen LogP contribution in [0.4, 0.5) is 52.0 Å². The number of fused-ring (bicyclic) bond motifs is 2. The van der Waals surface area contributed by atoms with Crippen LogP contribution in [0, 0.1) is 42.7 Å². The van der Waals surface area contributed by atoms with Gasteiger partial charge >= 0.3 is 32.6 Å². The quantitative estimate of drug-likeness (QED) is 0.0928. The van der Waals surface area contributed by atoms with Gasteiger partial charge in [0, 0.05) is 6.42 Å². The maximum absolute atomic E-state index is 14.1. The second kappa shape index (κ2) is 13.4. The summed E-state index contributed by atoms with van der Waals surface area (Å²) in [7, 11) is -20.6. The molecule has 328 valence electrons. The Kier molecular flexibility index (Phi) is 9.43. The summed E-state index contributed by atoms with van der Waals surface area (Å²) in [4.78, 5) is 2.18. The van der Waals surface area contributed by atoms with Crippen molar-refractivity contribution in [2.75, 3.05) is 0 Å². The molecule has 0 spiro atoms. The Hall–Kier alpha value is -7.13. The summed E-state index contributed by atoms with van der Waals surface area (Å²) in [5.41, 5.74) is -0.355. The van der Waals surface area contributed by atoms with E-state index < -0.39 is 66.6 Å². The molecule has 0 bridgehead atoms. The number of alkyl halides is 3. The maximum Gasteiger partial charge on any atom is 0.573 e. The van der Waals surface area contributed by atoms with E-state index in [0.717, 1.165) is 29.8 Å². The number of hydrogen-bond donors (Lipinski definition) is 0. The van der Waals surface area contributed by atoms with Crippen LogP contribution in [-0.2, 0) is 12.8 Å². The fourth-order valence-corrected chi connectivity index (χ4v) is 9.19. The molecule has 5 aromatic carbocycles. The van der Waals surface area contributed by atoms with Crippen molar-refractivity contribution >= 4 is 31.6 Å². The number of nitrogens with zero attached hydrogens (tertiary/aromatic N) is 4. The molecule has 2 aliphatic rings. The van der Waals surface area contributed by atoms with Gasteiger partial charge in [0.15, 0.2) is 0 Å². The van der Waals surface area contributed by atoms with E-state index in [4.69, 9.17) is 13.1 Å². The molecule has 0 aliphatic heterocycles. The van der Waals surface area contributed by atoms with Gasteiger partial charge in [0.2, 0.25) is 0 Å². The van der Waals surface area contributed by atoms with E-state index >= 15 is 0 Å². The van der Waals surface area contributed by atoms with Gasteiger partial charge in [0.1, 0.15) is 46.4 Å². The molecule has 20 heteroatoms. The monoisotopic (exact) mass is 934 g/mol. The van der Waals surface area contributed by atoms with Crippen LogP contribution in [0.5, 0.6) is 5.75 Å². The molecule has 0 fully saturated rings.